The largest absolute Gasteiger partial charge is 0.459 e. The Bertz CT molecular complexity index is 672. The highest BCUT2D eigenvalue weighted by atomic mass is 19.1. The summed E-state index contributed by atoms with van der Waals surface area (Å²) >= 11 is 0. The van der Waals surface area contributed by atoms with E-state index in [9.17, 15) is 9.18 Å². The number of halogens is 1. The first-order valence-electron chi connectivity index (χ1n) is 7.82. The van der Waals surface area contributed by atoms with Crippen LogP contribution in [-0.4, -0.2) is 38.3 Å². The molecule has 1 aliphatic heterocycles. The van der Waals surface area contributed by atoms with Gasteiger partial charge in [-0.15, -0.1) is 0 Å². The number of benzene rings is 2. The molecule has 0 amide bonds. The maximum atomic E-state index is 13.7. The maximum absolute atomic E-state index is 13.7. The van der Waals surface area contributed by atoms with Gasteiger partial charge in [0.25, 0.3) is 0 Å². The predicted molar refractivity (Wildman–Crippen MR) is 87.3 cm³/mol. The van der Waals surface area contributed by atoms with Crippen LogP contribution < -0.4 is 0 Å². The van der Waals surface area contributed by atoms with E-state index in [4.69, 9.17) is 14.2 Å². The van der Waals surface area contributed by atoms with Gasteiger partial charge in [-0.1, -0.05) is 42.5 Å². The summed E-state index contributed by atoms with van der Waals surface area (Å²) in [4.78, 5) is 12.1. The van der Waals surface area contributed by atoms with Crippen molar-refractivity contribution >= 4 is 5.97 Å². The Morgan fingerprint density at radius 3 is 2.42 bits per heavy atom. The van der Waals surface area contributed by atoms with E-state index in [2.05, 4.69) is 0 Å². The van der Waals surface area contributed by atoms with Crippen LogP contribution in [0, 0.1) is 0 Å². The van der Waals surface area contributed by atoms with Gasteiger partial charge in [-0.3, -0.25) is 0 Å². The van der Waals surface area contributed by atoms with E-state index in [0.717, 1.165) is 11.1 Å². The van der Waals surface area contributed by atoms with Gasteiger partial charge in [-0.25, -0.2) is 9.18 Å². The number of carbonyl (C=O) groups is 1. The lowest BCUT2D eigenvalue weighted by molar-refractivity contribution is -0.126. The number of rotatable bonds is 5. The van der Waals surface area contributed by atoms with Gasteiger partial charge in [0, 0.05) is 13.5 Å². The Morgan fingerprint density at radius 2 is 1.79 bits per heavy atom. The van der Waals surface area contributed by atoms with Gasteiger partial charge in [0.1, 0.15) is 18.9 Å². The van der Waals surface area contributed by atoms with E-state index in [1.807, 2.05) is 42.5 Å². The fourth-order valence-electron chi connectivity index (χ4n) is 2.64. The third kappa shape index (κ3) is 3.80. The molecule has 126 valence electrons. The van der Waals surface area contributed by atoms with Gasteiger partial charge >= 0.3 is 5.97 Å². The molecular formula is C19H19FO4. The van der Waals surface area contributed by atoms with E-state index >= 15 is 0 Å². The highest BCUT2D eigenvalue weighted by Gasteiger charge is 2.36. The molecule has 1 fully saturated rings. The molecule has 0 radical (unpaired) electrons. The highest BCUT2D eigenvalue weighted by molar-refractivity contribution is 5.90. The molecule has 3 rings (SSSR count). The van der Waals surface area contributed by atoms with E-state index < -0.39 is 24.5 Å². The first-order valence-corrected chi connectivity index (χ1v) is 7.82. The normalized spacial score (nSPS) is 23.2. The van der Waals surface area contributed by atoms with Crippen LogP contribution in [0.1, 0.15) is 16.8 Å². The summed E-state index contributed by atoms with van der Waals surface area (Å²) in [6.07, 6.45) is -2.38. The topological polar surface area (TPSA) is 44.8 Å². The molecule has 0 aromatic heterocycles. The Kier molecular flexibility index (Phi) is 5.23. The fourth-order valence-corrected chi connectivity index (χ4v) is 2.64. The third-order valence-corrected chi connectivity index (χ3v) is 4.02. The fraction of sp³-hybridized carbons (Fsp3) is 0.316. The minimum absolute atomic E-state index is 0.125. The molecule has 5 heteroatoms. The molecule has 2 aromatic carbocycles. The first kappa shape index (κ1) is 16.6. The summed E-state index contributed by atoms with van der Waals surface area (Å²) < 4.78 is 29.2. The molecular weight excluding hydrogens is 311 g/mol. The van der Waals surface area contributed by atoms with Crippen molar-refractivity contribution in [2.75, 3.05) is 13.7 Å². The Morgan fingerprint density at radius 1 is 1.12 bits per heavy atom. The molecule has 0 spiro atoms. The number of esters is 1. The SMILES string of the molecule is CO[C@@H]1C[C@H](F)[C@@H](COC(=O)c2ccc(-c3ccccc3)cc2)O1. The smallest absolute Gasteiger partial charge is 0.338 e. The van der Waals surface area contributed by atoms with Crippen LogP contribution >= 0.6 is 0 Å². The van der Waals surface area contributed by atoms with Crippen molar-refractivity contribution in [3.63, 3.8) is 0 Å². The average Bonchev–Trinajstić information content (AvgIpc) is 3.00. The van der Waals surface area contributed by atoms with E-state index in [0.29, 0.717) is 5.56 Å². The number of methoxy groups -OCH3 is 1. The van der Waals surface area contributed by atoms with Crippen LogP contribution in [-0.2, 0) is 14.2 Å². The summed E-state index contributed by atoms with van der Waals surface area (Å²) in [5.74, 6) is -0.494. The second kappa shape index (κ2) is 7.55. The standard InChI is InChI=1S/C19H19FO4/c1-22-18-11-16(20)17(24-18)12-23-19(21)15-9-7-14(8-10-15)13-5-3-2-4-6-13/h2-10,16-18H,11-12H2,1H3/t16-,17+,18-/m0/s1. The maximum Gasteiger partial charge on any atom is 0.338 e. The molecule has 3 atom stereocenters. The number of carbonyl (C=O) groups excluding carboxylic acids is 1. The minimum atomic E-state index is -1.19. The lowest BCUT2D eigenvalue weighted by Crippen LogP contribution is -2.25. The lowest BCUT2D eigenvalue weighted by Gasteiger charge is -2.13. The molecule has 0 saturated carbocycles. The molecule has 1 saturated heterocycles. The van der Waals surface area contributed by atoms with E-state index in [1.54, 1.807) is 12.1 Å². The van der Waals surface area contributed by atoms with Gasteiger partial charge < -0.3 is 14.2 Å². The molecule has 4 nitrogen and oxygen atoms in total. The van der Waals surface area contributed by atoms with Gasteiger partial charge in [0.2, 0.25) is 0 Å². The molecule has 0 aliphatic carbocycles. The highest BCUT2D eigenvalue weighted by Crippen LogP contribution is 2.24. The van der Waals surface area contributed by atoms with Gasteiger partial charge in [0.15, 0.2) is 6.29 Å². The van der Waals surface area contributed by atoms with Gasteiger partial charge in [0.05, 0.1) is 5.56 Å². The van der Waals surface area contributed by atoms with Crippen LogP contribution in [0.25, 0.3) is 11.1 Å². The Hall–Kier alpha value is -2.24. The number of hydrogen-bond donors (Lipinski definition) is 0. The molecule has 2 aromatic rings. The van der Waals surface area contributed by atoms with Crippen molar-refractivity contribution < 1.29 is 23.4 Å². The summed E-state index contributed by atoms with van der Waals surface area (Å²) in [6.45, 7) is -0.125. The third-order valence-electron chi connectivity index (χ3n) is 4.02. The zero-order chi connectivity index (χ0) is 16.9. The van der Waals surface area contributed by atoms with Crippen LogP contribution in [0.3, 0.4) is 0 Å². The van der Waals surface area contributed by atoms with Gasteiger partial charge in [-0.2, -0.15) is 0 Å². The summed E-state index contributed by atoms with van der Waals surface area (Å²) in [5.41, 5.74) is 2.51. The van der Waals surface area contributed by atoms with Gasteiger partial charge in [-0.05, 0) is 23.3 Å². The first-order chi connectivity index (χ1) is 11.7. The van der Waals surface area contributed by atoms with Crippen molar-refractivity contribution in [2.24, 2.45) is 0 Å². The molecule has 1 heterocycles. The van der Waals surface area contributed by atoms with E-state index in [-0.39, 0.29) is 13.0 Å². The second-order valence-electron chi connectivity index (χ2n) is 5.63. The molecule has 0 N–H and O–H groups in total. The van der Waals surface area contributed by atoms with Crippen LogP contribution in [0.4, 0.5) is 4.39 Å². The zero-order valence-corrected chi connectivity index (χ0v) is 13.4. The molecule has 24 heavy (non-hydrogen) atoms. The predicted octanol–water partition coefficient (Wildman–Crippen LogP) is 3.61. The van der Waals surface area contributed by atoms with E-state index in [1.165, 1.54) is 7.11 Å². The monoisotopic (exact) mass is 330 g/mol. The van der Waals surface area contributed by atoms with Crippen LogP contribution in [0.5, 0.6) is 0 Å². The summed E-state index contributed by atoms with van der Waals surface area (Å²) in [7, 11) is 1.46. The summed E-state index contributed by atoms with van der Waals surface area (Å²) in [6, 6.07) is 17.0. The van der Waals surface area contributed by atoms with Crippen molar-refractivity contribution in [1.29, 1.82) is 0 Å². The molecule has 0 bridgehead atoms. The second-order valence-corrected chi connectivity index (χ2v) is 5.63. The van der Waals surface area contributed by atoms with Crippen molar-refractivity contribution in [1.82, 2.24) is 0 Å². The average molecular weight is 330 g/mol. The Balaban J connectivity index is 1.58. The van der Waals surface area contributed by atoms with Crippen LogP contribution in [0.15, 0.2) is 54.6 Å². The van der Waals surface area contributed by atoms with Crippen molar-refractivity contribution in [2.45, 2.75) is 25.0 Å². The lowest BCUT2D eigenvalue weighted by atomic mass is 10.0. The number of hydrogen-bond acceptors (Lipinski definition) is 4. The number of ether oxygens (including phenoxy) is 3. The minimum Gasteiger partial charge on any atom is -0.459 e. The molecule has 1 aliphatic rings. The zero-order valence-electron chi connectivity index (χ0n) is 13.4. The Labute approximate surface area is 140 Å². The quantitative estimate of drug-likeness (QED) is 0.786. The van der Waals surface area contributed by atoms with Crippen LogP contribution in [0.2, 0.25) is 0 Å². The van der Waals surface area contributed by atoms with Crippen molar-refractivity contribution in [3.8, 4) is 11.1 Å². The number of alkyl halides is 1. The molecule has 0 unspecified atom stereocenters. The summed E-state index contributed by atoms with van der Waals surface area (Å²) in [5, 5.41) is 0. The van der Waals surface area contributed by atoms with Crippen molar-refractivity contribution in [3.05, 3.63) is 60.2 Å².